The first-order valence-corrected chi connectivity index (χ1v) is 7.03. The molecule has 1 aromatic rings. The van der Waals surface area contributed by atoms with Gasteiger partial charge < -0.3 is 10.2 Å². The van der Waals surface area contributed by atoms with Gasteiger partial charge in [0.2, 0.25) is 0 Å². The lowest BCUT2D eigenvalue weighted by molar-refractivity contribution is -0.137. The zero-order valence-electron chi connectivity index (χ0n) is 12.5. The van der Waals surface area contributed by atoms with E-state index in [0.29, 0.717) is 18.8 Å². The Morgan fingerprint density at radius 2 is 1.95 bits per heavy atom. The summed E-state index contributed by atoms with van der Waals surface area (Å²) in [6, 6.07) is 3.19. The summed E-state index contributed by atoms with van der Waals surface area (Å²) in [5.74, 6) is -0.374. The Bertz CT molecular complexity index is 486. The van der Waals surface area contributed by atoms with Gasteiger partial charge in [-0.2, -0.15) is 13.2 Å². The molecule has 118 valence electrons. The summed E-state index contributed by atoms with van der Waals surface area (Å²) < 4.78 is 38.4. The number of rotatable bonds is 6. The van der Waals surface area contributed by atoms with Crippen LogP contribution in [0.3, 0.4) is 0 Å². The van der Waals surface area contributed by atoms with E-state index in [2.05, 4.69) is 5.32 Å². The molecule has 21 heavy (non-hydrogen) atoms. The Morgan fingerprint density at radius 1 is 1.29 bits per heavy atom. The molecule has 0 atom stereocenters. The molecule has 1 aromatic carbocycles. The van der Waals surface area contributed by atoms with Gasteiger partial charge in [-0.25, -0.2) is 0 Å². The molecule has 6 heteroatoms. The van der Waals surface area contributed by atoms with Crippen molar-refractivity contribution in [2.24, 2.45) is 0 Å². The quantitative estimate of drug-likeness (QED) is 0.861. The summed E-state index contributed by atoms with van der Waals surface area (Å²) in [4.78, 5) is 14.0. The highest BCUT2D eigenvalue weighted by molar-refractivity contribution is 5.99. The SMILES string of the molecule is CCCCN(CC)C(=O)c1cc(C(F)(F)F)ccc1NC. The number of carbonyl (C=O) groups excluding carboxylic acids is 1. The second kappa shape index (κ2) is 7.33. The second-order valence-electron chi connectivity index (χ2n) is 4.75. The van der Waals surface area contributed by atoms with E-state index in [1.54, 1.807) is 11.9 Å². The fraction of sp³-hybridized carbons (Fsp3) is 0.533. The minimum atomic E-state index is -4.46. The van der Waals surface area contributed by atoms with Gasteiger partial charge in [0, 0.05) is 25.8 Å². The van der Waals surface area contributed by atoms with Crippen LogP contribution in [0.25, 0.3) is 0 Å². The largest absolute Gasteiger partial charge is 0.416 e. The van der Waals surface area contributed by atoms with E-state index in [9.17, 15) is 18.0 Å². The van der Waals surface area contributed by atoms with Gasteiger partial charge in [0.05, 0.1) is 11.1 Å². The standard InChI is InChI=1S/C15H21F3N2O/c1-4-6-9-20(5-2)14(21)12-10-11(15(16,17)18)7-8-13(12)19-3/h7-8,10,19H,4-6,9H2,1-3H3. The van der Waals surface area contributed by atoms with E-state index in [1.807, 2.05) is 13.8 Å². The van der Waals surface area contributed by atoms with E-state index in [0.717, 1.165) is 25.0 Å². The summed E-state index contributed by atoms with van der Waals surface area (Å²) in [6.45, 7) is 4.84. The highest BCUT2D eigenvalue weighted by Crippen LogP contribution is 2.32. The molecule has 0 saturated carbocycles. The molecule has 0 aliphatic carbocycles. The van der Waals surface area contributed by atoms with Crippen LogP contribution in [0.15, 0.2) is 18.2 Å². The molecule has 3 nitrogen and oxygen atoms in total. The number of unbranched alkanes of at least 4 members (excludes halogenated alkanes) is 1. The molecule has 1 N–H and O–H groups in total. The van der Waals surface area contributed by atoms with Crippen LogP contribution in [0.2, 0.25) is 0 Å². The van der Waals surface area contributed by atoms with Crippen molar-refractivity contribution in [1.29, 1.82) is 0 Å². The van der Waals surface area contributed by atoms with E-state index >= 15 is 0 Å². The summed E-state index contributed by atoms with van der Waals surface area (Å²) in [7, 11) is 1.59. The van der Waals surface area contributed by atoms with Crippen LogP contribution in [0.1, 0.15) is 42.6 Å². The predicted octanol–water partition coefficient (Wildman–Crippen LogP) is 4.01. The molecule has 0 radical (unpaired) electrons. The molecule has 1 rings (SSSR count). The van der Waals surface area contributed by atoms with Gasteiger partial charge in [0.25, 0.3) is 5.91 Å². The maximum absolute atomic E-state index is 12.8. The first-order chi connectivity index (χ1) is 9.85. The van der Waals surface area contributed by atoms with Crippen LogP contribution >= 0.6 is 0 Å². The minimum absolute atomic E-state index is 0.0604. The highest BCUT2D eigenvalue weighted by Gasteiger charge is 2.32. The number of alkyl halides is 3. The van der Waals surface area contributed by atoms with Crippen LogP contribution in [-0.2, 0) is 6.18 Å². The Hall–Kier alpha value is -1.72. The Labute approximate surface area is 123 Å². The maximum Gasteiger partial charge on any atom is 0.416 e. The van der Waals surface area contributed by atoms with Crippen LogP contribution in [0, 0.1) is 0 Å². The zero-order valence-corrected chi connectivity index (χ0v) is 12.5. The molecule has 0 spiro atoms. The number of hydrogen-bond acceptors (Lipinski definition) is 2. The number of anilines is 1. The highest BCUT2D eigenvalue weighted by atomic mass is 19.4. The third-order valence-corrected chi connectivity index (χ3v) is 3.30. The van der Waals surface area contributed by atoms with E-state index < -0.39 is 11.7 Å². The molecule has 0 heterocycles. The molecule has 0 fully saturated rings. The number of carbonyl (C=O) groups is 1. The Morgan fingerprint density at radius 3 is 2.43 bits per heavy atom. The van der Waals surface area contributed by atoms with Crippen molar-refractivity contribution >= 4 is 11.6 Å². The van der Waals surface area contributed by atoms with Crippen LogP contribution in [0.5, 0.6) is 0 Å². The fourth-order valence-corrected chi connectivity index (χ4v) is 2.04. The topological polar surface area (TPSA) is 32.3 Å². The normalized spacial score (nSPS) is 11.3. The van der Waals surface area contributed by atoms with Crippen LogP contribution in [-0.4, -0.2) is 30.9 Å². The summed E-state index contributed by atoms with van der Waals surface area (Å²) in [5, 5.41) is 2.78. The van der Waals surface area contributed by atoms with Crippen molar-refractivity contribution in [2.75, 3.05) is 25.5 Å². The van der Waals surface area contributed by atoms with Crippen molar-refractivity contribution in [2.45, 2.75) is 32.9 Å². The van der Waals surface area contributed by atoms with Crippen LogP contribution < -0.4 is 5.32 Å². The molecule has 0 unspecified atom stereocenters. The first kappa shape index (κ1) is 17.3. The molecule has 0 bridgehead atoms. The van der Waals surface area contributed by atoms with Gasteiger partial charge in [-0.3, -0.25) is 4.79 Å². The summed E-state index contributed by atoms with van der Waals surface area (Å²) in [5.41, 5.74) is -0.343. The van der Waals surface area contributed by atoms with Gasteiger partial charge in [-0.05, 0) is 31.5 Å². The van der Waals surface area contributed by atoms with Gasteiger partial charge >= 0.3 is 6.18 Å². The molecule has 0 aromatic heterocycles. The van der Waals surface area contributed by atoms with Crippen molar-refractivity contribution in [3.8, 4) is 0 Å². The average Bonchev–Trinajstić information content (AvgIpc) is 2.46. The number of benzene rings is 1. The molecular weight excluding hydrogens is 281 g/mol. The van der Waals surface area contributed by atoms with Gasteiger partial charge in [-0.15, -0.1) is 0 Å². The number of halogens is 3. The van der Waals surface area contributed by atoms with E-state index in [1.165, 1.54) is 6.07 Å². The Kier molecular flexibility index (Phi) is 6.05. The monoisotopic (exact) mass is 302 g/mol. The Balaban J connectivity index is 3.16. The number of amides is 1. The lowest BCUT2D eigenvalue weighted by atomic mass is 10.1. The number of hydrogen-bond donors (Lipinski definition) is 1. The second-order valence-corrected chi connectivity index (χ2v) is 4.75. The van der Waals surface area contributed by atoms with Crippen molar-refractivity contribution < 1.29 is 18.0 Å². The van der Waals surface area contributed by atoms with Crippen molar-refractivity contribution in [3.63, 3.8) is 0 Å². The van der Waals surface area contributed by atoms with Gasteiger partial charge in [0.1, 0.15) is 0 Å². The summed E-state index contributed by atoms with van der Waals surface area (Å²) >= 11 is 0. The van der Waals surface area contributed by atoms with E-state index in [-0.39, 0.29) is 11.5 Å². The average molecular weight is 302 g/mol. The van der Waals surface area contributed by atoms with Gasteiger partial charge in [-0.1, -0.05) is 13.3 Å². The van der Waals surface area contributed by atoms with Crippen LogP contribution in [0.4, 0.5) is 18.9 Å². The predicted molar refractivity (Wildman–Crippen MR) is 77.5 cm³/mol. The first-order valence-electron chi connectivity index (χ1n) is 7.03. The molecule has 0 aliphatic heterocycles. The van der Waals surface area contributed by atoms with E-state index in [4.69, 9.17) is 0 Å². The smallest absolute Gasteiger partial charge is 0.387 e. The van der Waals surface area contributed by atoms with Crippen molar-refractivity contribution in [3.05, 3.63) is 29.3 Å². The number of nitrogens with one attached hydrogen (secondary N) is 1. The molecule has 0 aliphatic rings. The lowest BCUT2D eigenvalue weighted by Gasteiger charge is -2.22. The molecule has 0 saturated heterocycles. The summed E-state index contributed by atoms with van der Waals surface area (Å²) in [6.07, 6.45) is -2.71. The molecular formula is C15H21F3N2O. The zero-order chi connectivity index (χ0) is 16.0. The fourth-order valence-electron chi connectivity index (χ4n) is 2.04. The van der Waals surface area contributed by atoms with Crippen molar-refractivity contribution in [1.82, 2.24) is 4.90 Å². The maximum atomic E-state index is 12.8. The lowest BCUT2D eigenvalue weighted by Crippen LogP contribution is -2.32. The third-order valence-electron chi connectivity index (χ3n) is 3.30. The molecule has 1 amide bonds. The number of nitrogens with zero attached hydrogens (tertiary/aromatic N) is 1. The third kappa shape index (κ3) is 4.37. The van der Waals surface area contributed by atoms with Gasteiger partial charge in [0.15, 0.2) is 0 Å². The minimum Gasteiger partial charge on any atom is -0.387 e.